The zero-order valence-corrected chi connectivity index (χ0v) is 17.1. The van der Waals surface area contributed by atoms with Gasteiger partial charge in [0.1, 0.15) is 4.90 Å². The van der Waals surface area contributed by atoms with Gasteiger partial charge in [-0.25, -0.2) is 13.1 Å². The number of nitrogens with one attached hydrogen (secondary N) is 2. The van der Waals surface area contributed by atoms with Crippen molar-refractivity contribution in [2.45, 2.75) is 18.4 Å². The van der Waals surface area contributed by atoms with E-state index in [9.17, 15) is 13.2 Å². The molecular weight excluding hydrogens is 451 g/mol. The first-order valence-electron chi connectivity index (χ1n) is 7.26. The van der Waals surface area contributed by atoms with E-state index >= 15 is 0 Å². The van der Waals surface area contributed by atoms with Crippen molar-refractivity contribution in [2.75, 3.05) is 6.54 Å². The lowest BCUT2D eigenvalue weighted by molar-refractivity contribution is 0.0956. The molecule has 0 aliphatic rings. The van der Waals surface area contributed by atoms with E-state index in [2.05, 4.69) is 26.0 Å². The molecule has 0 bridgehead atoms. The molecule has 9 heteroatoms. The summed E-state index contributed by atoms with van der Waals surface area (Å²) in [6, 6.07) is 9.55. The smallest absolute Gasteiger partial charge is 0.251 e. The lowest BCUT2D eigenvalue weighted by atomic mass is 10.1. The first-order valence-corrected chi connectivity index (χ1v) is 10.3. The summed E-state index contributed by atoms with van der Waals surface area (Å²) in [5.41, 5.74) is 1.20. The summed E-state index contributed by atoms with van der Waals surface area (Å²) in [5.74, 6) is -0.178. The molecule has 2 aromatic rings. The Labute approximate surface area is 164 Å². The molecule has 0 fully saturated rings. The second-order valence-electron chi connectivity index (χ2n) is 5.08. The minimum atomic E-state index is -3.89. The molecular formula is C16H15BrCl2N2O3S. The molecule has 1 amide bonds. The van der Waals surface area contributed by atoms with Crippen LogP contribution in [0, 0.1) is 0 Å². The van der Waals surface area contributed by atoms with E-state index in [0.717, 1.165) is 0 Å². The topological polar surface area (TPSA) is 75.3 Å². The normalized spacial score (nSPS) is 11.4. The minimum absolute atomic E-state index is 0.0264. The standard InChI is InChI=1S/C16H15BrCl2N2O3S/c1-2-20-16(22)11-5-3-10(4-6-11)9-21-25(23,24)15-13(18)7-12(17)8-14(15)19/h3-8,21H,2,9H2,1H3,(H,20,22). The molecule has 2 rings (SSSR count). The molecule has 0 radical (unpaired) electrons. The number of sulfonamides is 1. The SMILES string of the molecule is CCNC(=O)c1ccc(CNS(=O)(=O)c2c(Cl)cc(Br)cc2Cl)cc1. The van der Waals surface area contributed by atoms with Gasteiger partial charge in [-0.05, 0) is 36.8 Å². The zero-order chi connectivity index (χ0) is 18.6. The summed E-state index contributed by atoms with van der Waals surface area (Å²) in [6.07, 6.45) is 0. The molecule has 0 saturated carbocycles. The highest BCUT2D eigenvalue weighted by atomic mass is 79.9. The van der Waals surface area contributed by atoms with Crippen LogP contribution in [0.2, 0.25) is 10.0 Å². The molecule has 2 aromatic carbocycles. The van der Waals surface area contributed by atoms with E-state index in [1.807, 2.05) is 6.92 Å². The Bertz CT molecular complexity index is 864. The Morgan fingerprint density at radius 3 is 2.20 bits per heavy atom. The maximum atomic E-state index is 12.5. The first-order chi connectivity index (χ1) is 11.7. The fraction of sp³-hybridized carbons (Fsp3) is 0.188. The van der Waals surface area contributed by atoms with Crippen molar-refractivity contribution < 1.29 is 13.2 Å². The molecule has 5 nitrogen and oxygen atoms in total. The van der Waals surface area contributed by atoms with Crippen LogP contribution in [-0.4, -0.2) is 20.9 Å². The van der Waals surface area contributed by atoms with Crippen molar-refractivity contribution in [1.82, 2.24) is 10.0 Å². The number of amides is 1. The number of benzene rings is 2. The lowest BCUT2D eigenvalue weighted by Gasteiger charge is -2.11. The highest BCUT2D eigenvalue weighted by molar-refractivity contribution is 9.10. The van der Waals surface area contributed by atoms with Crippen molar-refractivity contribution in [1.29, 1.82) is 0 Å². The Kier molecular flexibility index (Phi) is 6.87. The van der Waals surface area contributed by atoms with E-state index in [4.69, 9.17) is 23.2 Å². The second kappa shape index (κ2) is 8.51. The molecule has 0 unspecified atom stereocenters. The number of carbonyl (C=O) groups excluding carboxylic acids is 1. The van der Waals surface area contributed by atoms with E-state index < -0.39 is 10.0 Å². The van der Waals surface area contributed by atoms with Crippen molar-refractivity contribution in [3.05, 3.63) is 62.0 Å². The van der Waals surface area contributed by atoms with Crippen molar-refractivity contribution in [3.63, 3.8) is 0 Å². The van der Waals surface area contributed by atoms with Gasteiger partial charge in [0, 0.05) is 23.1 Å². The Hall–Kier alpha value is -1.12. The molecule has 134 valence electrons. The highest BCUT2D eigenvalue weighted by Gasteiger charge is 2.22. The predicted molar refractivity (Wildman–Crippen MR) is 103 cm³/mol. The Morgan fingerprint density at radius 2 is 1.68 bits per heavy atom. The van der Waals surface area contributed by atoms with Crippen LogP contribution in [0.15, 0.2) is 45.8 Å². The van der Waals surface area contributed by atoms with Crippen LogP contribution in [0.3, 0.4) is 0 Å². The van der Waals surface area contributed by atoms with Crippen LogP contribution >= 0.6 is 39.1 Å². The average Bonchev–Trinajstić information content (AvgIpc) is 2.52. The van der Waals surface area contributed by atoms with Gasteiger partial charge in [-0.15, -0.1) is 0 Å². The molecule has 0 aliphatic carbocycles. The monoisotopic (exact) mass is 464 g/mol. The fourth-order valence-electron chi connectivity index (χ4n) is 2.07. The molecule has 0 aromatic heterocycles. The van der Waals surface area contributed by atoms with E-state index in [1.165, 1.54) is 12.1 Å². The fourth-order valence-corrected chi connectivity index (χ4v) is 5.02. The van der Waals surface area contributed by atoms with Gasteiger partial charge in [0.15, 0.2) is 0 Å². The van der Waals surface area contributed by atoms with E-state index in [0.29, 0.717) is 22.1 Å². The molecule has 0 spiro atoms. The molecule has 2 N–H and O–H groups in total. The Morgan fingerprint density at radius 1 is 1.12 bits per heavy atom. The maximum Gasteiger partial charge on any atom is 0.251 e. The summed E-state index contributed by atoms with van der Waals surface area (Å²) in [7, 11) is -3.89. The van der Waals surface area contributed by atoms with Crippen molar-refractivity contribution in [2.24, 2.45) is 0 Å². The zero-order valence-electron chi connectivity index (χ0n) is 13.1. The summed E-state index contributed by atoms with van der Waals surface area (Å²) < 4.78 is 28.0. The van der Waals surface area contributed by atoms with Gasteiger partial charge in [-0.3, -0.25) is 4.79 Å². The number of hydrogen-bond acceptors (Lipinski definition) is 3. The summed E-state index contributed by atoms with van der Waals surface area (Å²) >= 11 is 15.2. The van der Waals surface area contributed by atoms with Crippen LogP contribution in [0.1, 0.15) is 22.8 Å². The third kappa shape index (κ3) is 5.18. The number of hydrogen-bond donors (Lipinski definition) is 2. The summed E-state index contributed by atoms with van der Waals surface area (Å²) in [4.78, 5) is 11.5. The summed E-state index contributed by atoms with van der Waals surface area (Å²) in [5, 5.41) is 2.75. The van der Waals surface area contributed by atoms with Crippen LogP contribution in [0.25, 0.3) is 0 Å². The lowest BCUT2D eigenvalue weighted by Crippen LogP contribution is -2.24. The molecule has 0 atom stereocenters. The molecule has 25 heavy (non-hydrogen) atoms. The maximum absolute atomic E-state index is 12.5. The third-order valence-electron chi connectivity index (χ3n) is 3.25. The average molecular weight is 466 g/mol. The largest absolute Gasteiger partial charge is 0.352 e. The minimum Gasteiger partial charge on any atom is -0.352 e. The van der Waals surface area contributed by atoms with Crippen molar-refractivity contribution in [3.8, 4) is 0 Å². The molecule has 0 heterocycles. The van der Waals surface area contributed by atoms with E-state index in [1.54, 1.807) is 24.3 Å². The van der Waals surface area contributed by atoms with Gasteiger partial charge >= 0.3 is 0 Å². The van der Waals surface area contributed by atoms with Crippen LogP contribution in [-0.2, 0) is 16.6 Å². The van der Waals surface area contributed by atoms with Crippen LogP contribution in [0.4, 0.5) is 0 Å². The quantitative estimate of drug-likeness (QED) is 0.677. The Balaban J connectivity index is 2.14. The van der Waals surface area contributed by atoms with E-state index in [-0.39, 0.29) is 27.4 Å². The van der Waals surface area contributed by atoms with Gasteiger partial charge in [0.05, 0.1) is 10.0 Å². The third-order valence-corrected chi connectivity index (χ3v) is 6.03. The number of halogens is 3. The van der Waals surface area contributed by atoms with Gasteiger partial charge in [0.25, 0.3) is 5.91 Å². The highest BCUT2D eigenvalue weighted by Crippen LogP contribution is 2.32. The number of rotatable bonds is 6. The van der Waals surface area contributed by atoms with Gasteiger partial charge in [0.2, 0.25) is 10.0 Å². The van der Waals surface area contributed by atoms with Crippen LogP contribution in [0.5, 0.6) is 0 Å². The van der Waals surface area contributed by atoms with Gasteiger partial charge < -0.3 is 5.32 Å². The molecule has 0 saturated heterocycles. The van der Waals surface area contributed by atoms with Crippen molar-refractivity contribution >= 4 is 55.1 Å². The second-order valence-corrected chi connectivity index (χ2v) is 8.51. The van der Waals surface area contributed by atoms with Gasteiger partial charge in [-0.1, -0.05) is 51.3 Å². The van der Waals surface area contributed by atoms with Crippen LogP contribution < -0.4 is 10.0 Å². The van der Waals surface area contributed by atoms with Gasteiger partial charge in [-0.2, -0.15) is 0 Å². The summed E-state index contributed by atoms with van der Waals surface area (Å²) in [6.45, 7) is 2.41. The first kappa shape index (κ1) is 20.2. The predicted octanol–water partition coefficient (Wildman–Crippen LogP) is 3.98. The number of carbonyl (C=O) groups is 1. The molecule has 0 aliphatic heterocycles.